The van der Waals surface area contributed by atoms with Gasteiger partial charge >= 0.3 is 0 Å². The molecular formula is C12H12BrN3OS. The first-order valence-corrected chi connectivity index (χ1v) is 7.07. The van der Waals surface area contributed by atoms with Crippen LogP contribution in [0, 0.1) is 0 Å². The quantitative estimate of drug-likeness (QED) is 0.908. The van der Waals surface area contributed by atoms with Crippen molar-refractivity contribution in [2.75, 3.05) is 11.9 Å². The lowest BCUT2D eigenvalue weighted by Crippen LogP contribution is -2.12. The second-order valence-corrected chi connectivity index (χ2v) is 5.48. The zero-order valence-electron chi connectivity index (χ0n) is 9.52. The van der Waals surface area contributed by atoms with E-state index in [2.05, 4.69) is 26.2 Å². The number of nitrogens with two attached hydrogens (primary N) is 1. The maximum absolute atomic E-state index is 11.9. The van der Waals surface area contributed by atoms with Gasteiger partial charge in [-0.15, -0.1) is 11.3 Å². The molecule has 1 aromatic heterocycles. The van der Waals surface area contributed by atoms with Crippen molar-refractivity contribution in [3.05, 3.63) is 44.8 Å². The fourth-order valence-electron chi connectivity index (χ4n) is 1.38. The topological polar surface area (TPSA) is 68.0 Å². The van der Waals surface area contributed by atoms with Gasteiger partial charge in [0.15, 0.2) is 0 Å². The van der Waals surface area contributed by atoms with Gasteiger partial charge in [0.25, 0.3) is 5.91 Å². The maximum atomic E-state index is 11.9. The van der Waals surface area contributed by atoms with Crippen LogP contribution < -0.4 is 11.1 Å². The van der Waals surface area contributed by atoms with E-state index in [-0.39, 0.29) is 5.91 Å². The van der Waals surface area contributed by atoms with Gasteiger partial charge in [0.05, 0.1) is 5.01 Å². The van der Waals surface area contributed by atoms with E-state index >= 15 is 0 Å². The van der Waals surface area contributed by atoms with Crippen LogP contribution >= 0.6 is 27.3 Å². The molecule has 0 unspecified atom stereocenters. The summed E-state index contributed by atoms with van der Waals surface area (Å²) in [6.45, 7) is 0.543. The van der Waals surface area contributed by atoms with Gasteiger partial charge in [-0.1, -0.05) is 15.9 Å². The van der Waals surface area contributed by atoms with Crippen LogP contribution in [0.3, 0.4) is 0 Å². The SMILES string of the molecule is NCCc1nc(C(=O)Nc2ccc(Br)cc2)cs1. The van der Waals surface area contributed by atoms with Crippen molar-refractivity contribution in [1.29, 1.82) is 0 Å². The minimum atomic E-state index is -0.197. The Morgan fingerprint density at radius 3 is 2.78 bits per heavy atom. The third kappa shape index (κ3) is 3.38. The Labute approximate surface area is 117 Å². The number of hydrogen-bond acceptors (Lipinski definition) is 4. The molecule has 0 bridgehead atoms. The first kappa shape index (κ1) is 13.2. The highest BCUT2D eigenvalue weighted by Gasteiger charge is 2.10. The zero-order chi connectivity index (χ0) is 13.0. The van der Waals surface area contributed by atoms with Crippen LogP contribution in [0.4, 0.5) is 5.69 Å². The Hall–Kier alpha value is -1.24. The molecule has 6 heteroatoms. The molecular weight excluding hydrogens is 314 g/mol. The Balaban J connectivity index is 2.04. The van der Waals surface area contributed by atoms with Gasteiger partial charge in [-0.25, -0.2) is 4.98 Å². The highest BCUT2D eigenvalue weighted by Crippen LogP contribution is 2.16. The summed E-state index contributed by atoms with van der Waals surface area (Å²) in [5, 5.41) is 5.43. The van der Waals surface area contributed by atoms with Crippen LogP contribution in [-0.4, -0.2) is 17.4 Å². The summed E-state index contributed by atoms with van der Waals surface area (Å²) in [6.07, 6.45) is 0.705. The maximum Gasteiger partial charge on any atom is 0.275 e. The molecule has 2 aromatic rings. The van der Waals surface area contributed by atoms with E-state index in [0.29, 0.717) is 18.7 Å². The average molecular weight is 326 g/mol. The Kier molecular flexibility index (Phi) is 4.46. The molecule has 0 atom stereocenters. The molecule has 0 aliphatic heterocycles. The molecule has 1 aromatic carbocycles. The van der Waals surface area contributed by atoms with Gasteiger partial charge in [-0.05, 0) is 30.8 Å². The van der Waals surface area contributed by atoms with Crippen molar-refractivity contribution in [2.45, 2.75) is 6.42 Å². The first-order chi connectivity index (χ1) is 8.69. The first-order valence-electron chi connectivity index (χ1n) is 5.40. The molecule has 0 spiro atoms. The van der Waals surface area contributed by atoms with Gasteiger partial charge in [0.2, 0.25) is 0 Å². The lowest BCUT2D eigenvalue weighted by Gasteiger charge is -2.02. The lowest BCUT2D eigenvalue weighted by atomic mass is 10.3. The number of anilines is 1. The molecule has 1 heterocycles. The molecule has 2 rings (SSSR count). The molecule has 0 fully saturated rings. The number of carbonyl (C=O) groups is 1. The van der Waals surface area contributed by atoms with Crippen molar-refractivity contribution < 1.29 is 4.79 Å². The molecule has 0 aliphatic carbocycles. The number of amides is 1. The van der Waals surface area contributed by atoms with E-state index in [1.165, 1.54) is 11.3 Å². The molecule has 0 aliphatic rings. The van der Waals surface area contributed by atoms with Gasteiger partial charge < -0.3 is 11.1 Å². The predicted octanol–water partition coefficient (Wildman–Crippen LogP) is 2.66. The average Bonchev–Trinajstić information content (AvgIpc) is 2.81. The number of rotatable bonds is 4. The Morgan fingerprint density at radius 1 is 1.39 bits per heavy atom. The van der Waals surface area contributed by atoms with Crippen molar-refractivity contribution in [1.82, 2.24) is 4.98 Å². The van der Waals surface area contributed by atoms with Gasteiger partial charge in [-0.2, -0.15) is 0 Å². The van der Waals surface area contributed by atoms with Gasteiger partial charge in [0, 0.05) is 22.0 Å². The van der Waals surface area contributed by atoms with Crippen LogP contribution in [0.5, 0.6) is 0 Å². The summed E-state index contributed by atoms with van der Waals surface area (Å²) < 4.78 is 0.972. The van der Waals surface area contributed by atoms with Crippen LogP contribution in [-0.2, 0) is 6.42 Å². The van der Waals surface area contributed by atoms with Crippen molar-refractivity contribution in [2.24, 2.45) is 5.73 Å². The molecule has 4 nitrogen and oxygen atoms in total. The summed E-state index contributed by atoms with van der Waals surface area (Å²) in [7, 11) is 0. The fourth-order valence-corrected chi connectivity index (χ4v) is 2.44. The highest BCUT2D eigenvalue weighted by atomic mass is 79.9. The number of hydrogen-bond donors (Lipinski definition) is 2. The minimum absolute atomic E-state index is 0.197. The summed E-state index contributed by atoms with van der Waals surface area (Å²) in [5.41, 5.74) is 6.63. The van der Waals surface area contributed by atoms with Crippen LogP contribution in [0.2, 0.25) is 0 Å². The van der Waals surface area contributed by atoms with E-state index in [9.17, 15) is 4.79 Å². The highest BCUT2D eigenvalue weighted by molar-refractivity contribution is 9.10. The summed E-state index contributed by atoms with van der Waals surface area (Å²) in [4.78, 5) is 16.1. The summed E-state index contributed by atoms with van der Waals surface area (Å²) in [5.74, 6) is -0.197. The number of nitrogens with one attached hydrogen (secondary N) is 1. The monoisotopic (exact) mass is 325 g/mol. The zero-order valence-corrected chi connectivity index (χ0v) is 11.9. The predicted molar refractivity (Wildman–Crippen MR) is 77.0 cm³/mol. The van der Waals surface area contributed by atoms with E-state index in [1.54, 1.807) is 5.38 Å². The summed E-state index contributed by atoms with van der Waals surface area (Å²) >= 11 is 4.80. The van der Waals surface area contributed by atoms with E-state index in [1.807, 2.05) is 24.3 Å². The number of nitrogens with zero attached hydrogens (tertiary/aromatic N) is 1. The lowest BCUT2D eigenvalue weighted by molar-refractivity contribution is 0.102. The van der Waals surface area contributed by atoms with Crippen molar-refractivity contribution in [3.63, 3.8) is 0 Å². The second kappa shape index (κ2) is 6.08. The fraction of sp³-hybridized carbons (Fsp3) is 0.167. The van der Waals surface area contributed by atoms with E-state index in [0.717, 1.165) is 15.2 Å². The number of benzene rings is 1. The molecule has 0 radical (unpaired) electrons. The number of thiazole rings is 1. The number of halogens is 1. The van der Waals surface area contributed by atoms with Crippen molar-refractivity contribution >= 4 is 38.9 Å². The van der Waals surface area contributed by atoms with Gasteiger partial charge in [0.1, 0.15) is 5.69 Å². The molecule has 18 heavy (non-hydrogen) atoms. The molecule has 0 saturated heterocycles. The largest absolute Gasteiger partial charge is 0.330 e. The van der Waals surface area contributed by atoms with E-state index in [4.69, 9.17) is 5.73 Å². The molecule has 3 N–H and O–H groups in total. The molecule has 1 amide bonds. The smallest absolute Gasteiger partial charge is 0.275 e. The van der Waals surface area contributed by atoms with Crippen LogP contribution in [0.25, 0.3) is 0 Å². The number of carbonyl (C=O) groups excluding carboxylic acids is 1. The third-order valence-electron chi connectivity index (χ3n) is 2.24. The van der Waals surface area contributed by atoms with Crippen LogP contribution in [0.15, 0.2) is 34.1 Å². The second-order valence-electron chi connectivity index (χ2n) is 3.63. The standard InChI is InChI=1S/C12H12BrN3OS/c13-8-1-3-9(4-2-8)15-12(17)10-7-18-11(16-10)5-6-14/h1-4,7H,5-6,14H2,(H,15,17). The molecule has 0 saturated carbocycles. The van der Waals surface area contributed by atoms with Crippen LogP contribution in [0.1, 0.15) is 15.5 Å². The third-order valence-corrected chi connectivity index (χ3v) is 3.68. The van der Waals surface area contributed by atoms with Gasteiger partial charge in [-0.3, -0.25) is 4.79 Å². The van der Waals surface area contributed by atoms with E-state index < -0.39 is 0 Å². The minimum Gasteiger partial charge on any atom is -0.330 e. The van der Waals surface area contributed by atoms with Crippen molar-refractivity contribution in [3.8, 4) is 0 Å². The Bertz CT molecular complexity index is 539. The Morgan fingerprint density at radius 2 is 2.11 bits per heavy atom. The molecule has 94 valence electrons. The normalized spacial score (nSPS) is 10.3. The number of aromatic nitrogens is 1. The summed E-state index contributed by atoms with van der Waals surface area (Å²) in [6, 6.07) is 7.40.